The van der Waals surface area contributed by atoms with Gasteiger partial charge in [0.25, 0.3) is 0 Å². The number of ether oxygens (including phenoxy) is 2. The van der Waals surface area contributed by atoms with Gasteiger partial charge in [-0.25, -0.2) is 4.79 Å². The molecule has 6 heteroatoms. The third kappa shape index (κ3) is 7.25. The van der Waals surface area contributed by atoms with Crippen molar-refractivity contribution >= 4 is 23.4 Å². The SMILES string of the molecule is C=CCN(C)CCCCOc1ccc(N(C)C(=O)Oc2ccc(Cl)cc2)cc1. The summed E-state index contributed by atoms with van der Waals surface area (Å²) >= 11 is 5.83. The molecule has 150 valence electrons. The third-order valence-corrected chi connectivity index (χ3v) is 4.41. The first-order valence-corrected chi connectivity index (χ1v) is 9.61. The van der Waals surface area contributed by atoms with Crippen molar-refractivity contribution < 1.29 is 14.3 Å². The molecule has 2 rings (SSSR count). The van der Waals surface area contributed by atoms with Gasteiger partial charge >= 0.3 is 6.09 Å². The lowest BCUT2D eigenvalue weighted by Crippen LogP contribution is -2.29. The van der Waals surface area contributed by atoms with Crippen LogP contribution in [-0.2, 0) is 0 Å². The molecule has 0 saturated heterocycles. The molecule has 2 aromatic carbocycles. The van der Waals surface area contributed by atoms with Gasteiger partial charge in [0.15, 0.2) is 0 Å². The average Bonchev–Trinajstić information content (AvgIpc) is 2.69. The van der Waals surface area contributed by atoms with Gasteiger partial charge in [-0.05, 0) is 75.0 Å². The van der Waals surface area contributed by atoms with E-state index in [4.69, 9.17) is 21.1 Å². The van der Waals surface area contributed by atoms with Gasteiger partial charge in [-0.15, -0.1) is 6.58 Å². The van der Waals surface area contributed by atoms with E-state index < -0.39 is 6.09 Å². The lowest BCUT2D eigenvalue weighted by Gasteiger charge is -2.17. The minimum Gasteiger partial charge on any atom is -0.494 e. The summed E-state index contributed by atoms with van der Waals surface area (Å²) in [6.07, 6.45) is 3.48. The Bertz CT molecular complexity index is 747. The van der Waals surface area contributed by atoms with E-state index in [0.717, 1.165) is 37.4 Å². The predicted molar refractivity (Wildman–Crippen MR) is 115 cm³/mol. The second kappa shape index (κ2) is 11.4. The van der Waals surface area contributed by atoms with Gasteiger partial charge in [-0.2, -0.15) is 0 Å². The molecule has 0 fully saturated rings. The van der Waals surface area contributed by atoms with Gasteiger partial charge in [0.05, 0.1) is 6.61 Å². The summed E-state index contributed by atoms with van der Waals surface area (Å²) in [6, 6.07) is 14.0. The zero-order chi connectivity index (χ0) is 20.4. The molecule has 1 amide bonds. The van der Waals surface area contributed by atoms with Gasteiger partial charge in [-0.1, -0.05) is 17.7 Å². The van der Waals surface area contributed by atoms with E-state index in [-0.39, 0.29) is 0 Å². The number of hydrogen-bond donors (Lipinski definition) is 0. The molecule has 0 spiro atoms. The zero-order valence-electron chi connectivity index (χ0n) is 16.4. The molecule has 0 aromatic heterocycles. The van der Waals surface area contributed by atoms with E-state index in [2.05, 4.69) is 18.5 Å². The second-order valence-electron chi connectivity index (χ2n) is 6.48. The molecule has 0 N–H and O–H groups in total. The molecular formula is C22H27ClN2O3. The van der Waals surface area contributed by atoms with Crippen LogP contribution in [-0.4, -0.2) is 44.8 Å². The Hall–Kier alpha value is -2.50. The van der Waals surface area contributed by atoms with Gasteiger partial charge in [-0.3, -0.25) is 4.90 Å². The molecule has 0 radical (unpaired) electrons. The number of halogens is 1. The van der Waals surface area contributed by atoms with Crippen molar-refractivity contribution in [1.29, 1.82) is 0 Å². The summed E-state index contributed by atoms with van der Waals surface area (Å²) in [5.41, 5.74) is 0.720. The van der Waals surface area contributed by atoms with Crippen LogP contribution in [0.25, 0.3) is 0 Å². The van der Waals surface area contributed by atoms with Crippen molar-refractivity contribution in [1.82, 2.24) is 4.90 Å². The fraction of sp³-hybridized carbons (Fsp3) is 0.318. The van der Waals surface area contributed by atoms with Crippen LogP contribution < -0.4 is 14.4 Å². The Morgan fingerprint density at radius 3 is 2.32 bits per heavy atom. The van der Waals surface area contributed by atoms with E-state index in [0.29, 0.717) is 17.4 Å². The van der Waals surface area contributed by atoms with Crippen LogP contribution in [0.4, 0.5) is 10.5 Å². The number of hydrogen-bond acceptors (Lipinski definition) is 4. The highest BCUT2D eigenvalue weighted by Gasteiger charge is 2.13. The van der Waals surface area contributed by atoms with Gasteiger partial charge < -0.3 is 14.4 Å². The summed E-state index contributed by atoms with van der Waals surface area (Å²) in [6.45, 7) is 6.32. The number of rotatable bonds is 10. The number of amides is 1. The molecular weight excluding hydrogens is 376 g/mol. The molecule has 0 unspecified atom stereocenters. The van der Waals surface area contributed by atoms with Gasteiger partial charge in [0.1, 0.15) is 11.5 Å². The molecule has 0 aliphatic carbocycles. The first-order valence-electron chi connectivity index (χ1n) is 9.23. The Kier molecular flexibility index (Phi) is 8.85. The third-order valence-electron chi connectivity index (χ3n) is 4.16. The van der Waals surface area contributed by atoms with E-state index in [1.807, 2.05) is 30.3 Å². The Morgan fingerprint density at radius 1 is 1.04 bits per heavy atom. The minimum atomic E-state index is -0.473. The van der Waals surface area contributed by atoms with Crippen molar-refractivity contribution in [2.75, 3.05) is 38.7 Å². The summed E-state index contributed by atoms with van der Waals surface area (Å²) < 4.78 is 11.1. The Balaban J connectivity index is 1.76. The molecule has 28 heavy (non-hydrogen) atoms. The highest BCUT2D eigenvalue weighted by atomic mass is 35.5. The number of nitrogens with zero attached hydrogens (tertiary/aromatic N) is 2. The van der Waals surface area contributed by atoms with Crippen LogP contribution in [0.15, 0.2) is 61.2 Å². The Morgan fingerprint density at radius 2 is 1.68 bits per heavy atom. The van der Waals surface area contributed by atoms with Crippen molar-refractivity contribution in [3.05, 3.63) is 66.2 Å². The van der Waals surface area contributed by atoms with Crippen LogP contribution in [0.1, 0.15) is 12.8 Å². The van der Waals surface area contributed by atoms with E-state index in [9.17, 15) is 4.79 Å². The standard InChI is InChI=1S/C22H27ClN2O3/c1-4-15-24(2)16-5-6-17-27-20-13-9-19(10-14-20)25(3)22(26)28-21-11-7-18(23)8-12-21/h4,7-14H,1,5-6,15-17H2,2-3H3. The van der Waals surface area contributed by atoms with Crippen LogP contribution >= 0.6 is 11.6 Å². The highest BCUT2D eigenvalue weighted by Crippen LogP contribution is 2.21. The van der Waals surface area contributed by atoms with Crippen LogP contribution in [0.2, 0.25) is 5.02 Å². The number of anilines is 1. The molecule has 5 nitrogen and oxygen atoms in total. The first kappa shape index (κ1) is 21.8. The number of benzene rings is 2. The number of likely N-dealkylation sites (N-methyl/N-ethyl adjacent to an activating group) is 1. The van der Waals surface area contributed by atoms with Crippen molar-refractivity contribution in [3.8, 4) is 11.5 Å². The van der Waals surface area contributed by atoms with Crippen LogP contribution in [0.3, 0.4) is 0 Å². The van der Waals surface area contributed by atoms with Crippen molar-refractivity contribution in [2.45, 2.75) is 12.8 Å². The van der Waals surface area contributed by atoms with Crippen LogP contribution in [0, 0.1) is 0 Å². The zero-order valence-corrected chi connectivity index (χ0v) is 17.2. The van der Waals surface area contributed by atoms with E-state index in [1.165, 1.54) is 4.90 Å². The maximum atomic E-state index is 12.3. The van der Waals surface area contributed by atoms with E-state index >= 15 is 0 Å². The molecule has 0 atom stereocenters. The lowest BCUT2D eigenvalue weighted by atomic mass is 10.3. The van der Waals surface area contributed by atoms with Gasteiger partial charge in [0, 0.05) is 24.3 Å². The smallest absolute Gasteiger partial charge is 0.419 e. The fourth-order valence-electron chi connectivity index (χ4n) is 2.53. The van der Waals surface area contributed by atoms with E-state index in [1.54, 1.807) is 31.3 Å². The molecule has 0 heterocycles. The summed E-state index contributed by atoms with van der Waals surface area (Å²) in [5, 5.41) is 0.590. The minimum absolute atomic E-state index is 0.444. The largest absolute Gasteiger partial charge is 0.494 e. The fourth-order valence-corrected chi connectivity index (χ4v) is 2.65. The maximum Gasteiger partial charge on any atom is 0.419 e. The monoisotopic (exact) mass is 402 g/mol. The first-order chi connectivity index (χ1) is 13.5. The topological polar surface area (TPSA) is 42.0 Å². The molecule has 0 aliphatic heterocycles. The number of unbranched alkanes of at least 4 members (excludes halogenated alkanes) is 1. The second-order valence-corrected chi connectivity index (χ2v) is 6.92. The molecule has 0 saturated carbocycles. The summed E-state index contributed by atoms with van der Waals surface area (Å²) in [7, 11) is 3.74. The Labute approximate surface area is 172 Å². The van der Waals surface area contributed by atoms with Crippen molar-refractivity contribution in [2.24, 2.45) is 0 Å². The maximum absolute atomic E-state index is 12.3. The normalized spacial score (nSPS) is 10.6. The lowest BCUT2D eigenvalue weighted by molar-refractivity contribution is 0.209. The predicted octanol–water partition coefficient (Wildman–Crippen LogP) is 5.25. The quantitative estimate of drug-likeness (QED) is 0.402. The summed E-state index contributed by atoms with van der Waals surface area (Å²) in [5.74, 6) is 1.22. The number of carbonyl (C=O) groups excluding carboxylic acids is 1. The molecule has 0 bridgehead atoms. The average molecular weight is 403 g/mol. The number of carbonyl (C=O) groups is 1. The molecule has 2 aromatic rings. The van der Waals surface area contributed by atoms with Crippen molar-refractivity contribution in [3.63, 3.8) is 0 Å². The molecule has 0 aliphatic rings. The van der Waals surface area contributed by atoms with Crippen LogP contribution in [0.5, 0.6) is 11.5 Å². The summed E-state index contributed by atoms with van der Waals surface area (Å²) in [4.78, 5) is 15.9. The highest BCUT2D eigenvalue weighted by molar-refractivity contribution is 6.30. The van der Waals surface area contributed by atoms with Gasteiger partial charge in [0.2, 0.25) is 0 Å².